The minimum atomic E-state index is -1.25. The lowest BCUT2D eigenvalue weighted by Gasteiger charge is -2.33. The third-order valence-corrected chi connectivity index (χ3v) is 3.04. The Morgan fingerprint density at radius 1 is 1.25 bits per heavy atom. The Labute approximate surface area is 95.7 Å². The van der Waals surface area contributed by atoms with E-state index < -0.39 is 17.5 Å². The summed E-state index contributed by atoms with van der Waals surface area (Å²) in [7, 11) is 0. The number of hydrogen-bond donors (Lipinski definition) is 2. The quantitative estimate of drug-likeness (QED) is 0.819. The number of benzene rings is 1. The average molecular weight is 222 g/mol. The largest absolute Gasteiger partial charge is 0.481 e. The van der Waals surface area contributed by atoms with Gasteiger partial charge in [0.05, 0.1) is 6.10 Å². The van der Waals surface area contributed by atoms with E-state index in [1.165, 1.54) is 0 Å². The highest BCUT2D eigenvalue weighted by atomic mass is 16.4. The van der Waals surface area contributed by atoms with E-state index in [1.54, 1.807) is 31.2 Å². The number of aliphatic hydroxyl groups excluding tert-OH is 1. The summed E-state index contributed by atoms with van der Waals surface area (Å²) < 4.78 is 0. The van der Waals surface area contributed by atoms with Gasteiger partial charge >= 0.3 is 5.97 Å². The van der Waals surface area contributed by atoms with Crippen LogP contribution in [0.5, 0.6) is 0 Å². The SMILES string of the molecule is CC(C)C(O)C(C)(C(=O)O)c1ccccc1. The van der Waals surface area contributed by atoms with Crippen LogP contribution in [0, 0.1) is 5.92 Å². The van der Waals surface area contributed by atoms with Crippen molar-refractivity contribution in [3.63, 3.8) is 0 Å². The van der Waals surface area contributed by atoms with Crippen molar-refractivity contribution >= 4 is 5.97 Å². The number of aliphatic hydroxyl groups is 1. The van der Waals surface area contributed by atoms with Gasteiger partial charge in [-0.25, -0.2) is 0 Å². The second-order valence-electron chi connectivity index (χ2n) is 4.56. The van der Waals surface area contributed by atoms with Crippen LogP contribution in [-0.2, 0) is 10.2 Å². The van der Waals surface area contributed by atoms with Crippen molar-refractivity contribution in [1.82, 2.24) is 0 Å². The fourth-order valence-corrected chi connectivity index (χ4v) is 1.87. The maximum absolute atomic E-state index is 11.4. The molecule has 88 valence electrons. The Balaban J connectivity index is 3.22. The number of carboxylic acid groups (broad SMARTS) is 1. The molecule has 0 saturated heterocycles. The van der Waals surface area contributed by atoms with Crippen LogP contribution in [0.1, 0.15) is 26.3 Å². The van der Waals surface area contributed by atoms with Crippen molar-refractivity contribution in [2.24, 2.45) is 5.92 Å². The van der Waals surface area contributed by atoms with Crippen molar-refractivity contribution in [3.8, 4) is 0 Å². The van der Waals surface area contributed by atoms with Gasteiger partial charge in [-0.3, -0.25) is 4.79 Å². The number of hydrogen-bond acceptors (Lipinski definition) is 2. The molecule has 0 heterocycles. The van der Waals surface area contributed by atoms with Gasteiger partial charge in [-0.1, -0.05) is 44.2 Å². The second-order valence-corrected chi connectivity index (χ2v) is 4.56. The van der Waals surface area contributed by atoms with Gasteiger partial charge in [-0.05, 0) is 18.4 Å². The third kappa shape index (κ3) is 2.09. The van der Waals surface area contributed by atoms with E-state index in [4.69, 9.17) is 0 Å². The molecule has 2 N–H and O–H groups in total. The monoisotopic (exact) mass is 222 g/mol. The van der Waals surface area contributed by atoms with Gasteiger partial charge in [0.2, 0.25) is 0 Å². The van der Waals surface area contributed by atoms with E-state index in [-0.39, 0.29) is 5.92 Å². The summed E-state index contributed by atoms with van der Waals surface area (Å²) in [6, 6.07) is 8.86. The molecule has 0 amide bonds. The summed E-state index contributed by atoms with van der Waals surface area (Å²) in [5, 5.41) is 19.4. The first-order chi connectivity index (χ1) is 7.40. The van der Waals surface area contributed by atoms with E-state index in [2.05, 4.69) is 0 Å². The summed E-state index contributed by atoms with van der Waals surface area (Å²) in [5.41, 5.74) is -0.626. The van der Waals surface area contributed by atoms with Gasteiger partial charge in [0, 0.05) is 0 Å². The van der Waals surface area contributed by atoms with E-state index in [0.717, 1.165) is 0 Å². The predicted octanol–water partition coefficient (Wildman–Crippen LogP) is 2.05. The number of carbonyl (C=O) groups is 1. The minimum absolute atomic E-state index is 0.110. The number of carboxylic acids is 1. The Bertz CT molecular complexity index is 359. The molecule has 1 rings (SSSR count). The standard InChI is InChI=1S/C13H18O3/c1-9(2)11(14)13(3,12(15)16)10-7-5-4-6-8-10/h4-9,11,14H,1-3H3,(H,15,16). The Morgan fingerprint density at radius 2 is 1.75 bits per heavy atom. The van der Waals surface area contributed by atoms with Gasteiger partial charge in [-0.15, -0.1) is 0 Å². The number of aliphatic carboxylic acids is 1. The van der Waals surface area contributed by atoms with Crippen LogP contribution in [0.4, 0.5) is 0 Å². The first kappa shape index (κ1) is 12.7. The van der Waals surface area contributed by atoms with Gasteiger partial charge in [-0.2, -0.15) is 0 Å². The summed E-state index contributed by atoms with van der Waals surface area (Å²) in [5.74, 6) is -1.11. The molecule has 0 fully saturated rings. The van der Waals surface area contributed by atoms with Crippen LogP contribution >= 0.6 is 0 Å². The van der Waals surface area contributed by atoms with Crippen LogP contribution in [0.3, 0.4) is 0 Å². The van der Waals surface area contributed by atoms with E-state index in [0.29, 0.717) is 5.56 Å². The zero-order chi connectivity index (χ0) is 12.3. The summed E-state index contributed by atoms with van der Waals surface area (Å²) >= 11 is 0. The Morgan fingerprint density at radius 3 is 2.12 bits per heavy atom. The van der Waals surface area contributed by atoms with Crippen LogP contribution < -0.4 is 0 Å². The van der Waals surface area contributed by atoms with Crippen LogP contribution in [0.25, 0.3) is 0 Å². The van der Waals surface area contributed by atoms with Gasteiger partial charge in [0.25, 0.3) is 0 Å². The molecule has 0 saturated carbocycles. The highest BCUT2D eigenvalue weighted by Crippen LogP contribution is 2.31. The molecule has 0 aliphatic rings. The first-order valence-electron chi connectivity index (χ1n) is 5.37. The lowest BCUT2D eigenvalue weighted by atomic mass is 9.73. The first-order valence-corrected chi connectivity index (χ1v) is 5.37. The maximum atomic E-state index is 11.4. The molecule has 0 aliphatic heterocycles. The Hall–Kier alpha value is -1.35. The normalized spacial score (nSPS) is 16.8. The van der Waals surface area contributed by atoms with Crippen molar-refractivity contribution in [3.05, 3.63) is 35.9 Å². The molecule has 0 radical (unpaired) electrons. The maximum Gasteiger partial charge on any atom is 0.316 e. The average Bonchev–Trinajstić information content (AvgIpc) is 2.27. The van der Waals surface area contributed by atoms with Gasteiger partial charge in [0.1, 0.15) is 5.41 Å². The summed E-state index contributed by atoms with van der Waals surface area (Å²) in [4.78, 5) is 11.4. The lowest BCUT2D eigenvalue weighted by Crippen LogP contribution is -2.46. The predicted molar refractivity (Wildman–Crippen MR) is 62.3 cm³/mol. The Kier molecular flexibility index (Phi) is 3.70. The van der Waals surface area contributed by atoms with Crippen molar-refractivity contribution in [1.29, 1.82) is 0 Å². The molecule has 1 aromatic rings. The van der Waals surface area contributed by atoms with Gasteiger partial charge < -0.3 is 10.2 Å². The zero-order valence-electron chi connectivity index (χ0n) is 9.84. The van der Waals surface area contributed by atoms with E-state index in [9.17, 15) is 15.0 Å². The van der Waals surface area contributed by atoms with Crippen LogP contribution in [-0.4, -0.2) is 22.3 Å². The minimum Gasteiger partial charge on any atom is -0.481 e. The highest BCUT2D eigenvalue weighted by Gasteiger charge is 2.43. The second kappa shape index (κ2) is 4.66. The molecule has 0 bridgehead atoms. The van der Waals surface area contributed by atoms with Crippen LogP contribution in [0.15, 0.2) is 30.3 Å². The van der Waals surface area contributed by atoms with Crippen LogP contribution in [0.2, 0.25) is 0 Å². The van der Waals surface area contributed by atoms with Crippen molar-refractivity contribution < 1.29 is 15.0 Å². The summed E-state index contributed by atoms with van der Waals surface area (Å²) in [6.07, 6.45) is -0.910. The molecule has 2 unspecified atom stereocenters. The third-order valence-electron chi connectivity index (χ3n) is 3.04. The van der Waals surface area contributed by atoms with Crippen molar-refractivity contribution in [2.75, 3.05) is 0 Å². The number of rotatable bonds is 4. The van der Waals surface area contributed by atoms with Gasteiger partial charge in [0.15, 0.2) is 0 Å². The molecule has 3 heteroatoms. The fraction of sp³-hybridized carbons (Fsp3) is 0.462. The molecular formula is C13H18O3. The molecule has 1 aromatic carbocycles. The molecular weight excluding hydrogens is 204 g/mol. The molecule has 16 heavy (non-hydrogen) atoms. The molecule has 0 aromatic heterocycles. The fourth-order valence-electron chi connectivity index (χ4n) is 1.87. The molecule has 2 atom stereocenters. The van der Waals surface area contributed by atoms with E-state index >= 15 is 0 Å². The molecule has 3 nitrogen and oxygen atoms in total. The lowest BCUT2D eigenvalue weighted by molar-refractivity contribution is -0.149. The van der Waals surface area contributed by atoms with E-state index in [1.807, 2.05) is 19.9 Å². The highest BCUT2D eigenvalue weighted by molar-refractivity contribution is 5.81. The smallest absolute Gasteiger partial charge is 0.316 e. The summed E-state index contributed by atoms with van der Waals surface area (Å²) in [6.45, 7) is 5.19. The topological polar surface area (TPSA) is 57.5 Å². The molecule has 0 aliphatic carbocycles. The van der Waals surface area contributed by atoms with Crippen molar-refractivity contribution in [2.45, 2.75) is 32.3 Å². The molecule has 0 spiro atoms. The zero-order valence-corrected chi connectivity index (χ0v) is 9.84.